The highest BCUT2D eigenvalue weighted by atomic mass is 16.4. The van der Waals surface area contributed by atoms with Crippen molar-refractivity contribution in [3.63, 3.8) is 0 Å². The summed E-state index contributed by atoms with van der Waals surface area (Å²) in [6.45, 7) is 4.79. The predicted octanol–water partition coefficient (Wildman–Crippen LogP) is -2.22. The summed E-state index contributed by atoms with van der Waals surface area (Å²) in [5.74, 6) is -7.69. The fraction of sp³-hybridized carbons (Fsp3) is 0.562. The molecule has 0 aliphatic carbocycles. The van der Waals surface area contributed by atoms with Gasteiger partial charge in [-0.1, -0.05) is 26.0 Å². The minimum atomic E-state index is -1.71. The predicted molar refractivity (Wildman–Crippen MR) is 185 cm³/mol. The Morgan fingerprint density at radius 3 is 1.76 bits per heavy atom. The Labute approximate surface area is 295 Å². The zero-order valence-corrected chi connectivity index (χ0v) is 29.0. The van der Waals surface area contributed by atoms with Gasteiger partial charge >= 0.3 is 11.9 Å². The van der Waals surface area contributed by atoms with Crippen LogP contribution in [-0.2, 0) is 40.0 Å². The molecule has 51 heavy (non-hydrogen) atoms. The lowest BCUT2D eigenvalue weighted by molar-refractivity contribution is -0.143. The third-order valence-corrected chi connectivity index (χ3v) is 7.47. The highest BCUT2D eigenvalue weighted by Gasteiger charge is 2.34. The van der Waals surface area contributed by atoms with E-state index in [-0.39, 0.29) is 44.1 Å². The van der Waals surface area contributed by atoms with Crippen molar-refractivity contribution in [3.8, 4) is 5.75 Å². The van der Waals surface area contributed by atoms with Crippen LogP contribution in [0.3, 0.4) is 0 Å². The van der Waals surface area contributed by atoms with Gasteiger partial charge in [0.1, 0.15) is 36.0 Å². The highest BCUT2D eigenvalue weighted by molar-refractivity contribution is 5.97. The zero-order chi connectivity index (χ0) is 38.7. The quantitative estimate of drug-likeness (QED) is 0.0324. The van der Waals surface area contributed by atoms with E-state index in [1.807, 2.05) is 0 Å². The Balaban J connectivity index is 3.18. The Kier molecular flexibility index (Phi) is 19.0. The van der Waals surface area contributed by atoms with Crippen LogP contribution in [0.4, 0.5) is 0 Å². The Morgan fingerprint density at radius 1 is 0.725 bits per heavy atom. The molecule has 0 saturated carbocycles. The van der Waals surface area contributed by atoms with Crippen LogP contribution in [0.1, 0.15) is 64.9 Å². The van der Waals surface area contributed by atoms with Gasteiger partial charge in [0, 0.05) is 19.9 Å². The average molecular weight is 722 g/mol. The Bertz CT molecular complexity index is 1380. The van der Waals surface area contributed by atoms with E-state index in [9.17, 15) is 48.9 Å². The Morgan fingerprint density at radius 2 is 1.25 bits per heavy atom. The first-order valence-corrected chi connectivity index (χ1v) is 16.4. The Hall–Kier alpha value is -5.46. The van der Waals surface area contributed by atoms with Crippen molar-refractivity contribution in [2.45, 2.75) is 95.9 Å². The van der Waals surface area contributed by atoms with Gasteiger partial charge < -0.3 is 59.1 Å². The van der Waals surface area contributed by atoms with E-state index in [1.165, 1.54) is 31.2 Å². The van der Waals surface area contributed by atoms with Crippen molar-refractivity contribution < 1.29 is 48.9 Å². The van der Waals surface area contributed by atoms with Gasteiger partial charge in [-0.3, -0.25) is 33.8 Å². The van der Waals surface area contributed by atoms with E-state index < -0.39 is 84.0 Å². The molecule has 0 aromatic heterocycles. The number of phenolic OH excluding ortho intramolecular Hbond substituents is 1. The number of aliphatic carboxylic acids is 2. The number of carbonyl (C=O) groups is 7. The molecular weight excluding hydrogens is 670 g/mol. The summed E-state index contributed by atoms with van der Waals surface area (Å²) < 4.78 is 0. The summed E-state index contributed by atoms with van der Waals surface area (Å²) >= 11 is 0. The van der Waals surface area contributed by atoms with E-state index in [4.69, 9.17) is 17.2 Å². The second-order valence-electron chi connectivity index (χ2n) is 12.2. The van der Waals surface area contributed by atoms with Crippen LogP contribution in [-0.4, -0.2) is 106 Å². The lowest BCUT2D eigenvalue weighted by Gasteiger charge is -2.27. The maximum absolute atomic E-state index is 13.5. The third-order valence-electron chi connectivity index (χ3n) is 7.47. The number of carboxylic acids is 2. The summed E-state index contributed by atoms with van der Waals surface area (Å²) in [5, 5.41) is 41.0. The summed E-state index contributed by atoms with van der Waals surface area (Å²) in [7, 11) is 0. The smallest absolute Gasteiger partial charge is 0.326 e. The van der Waals surface area contributed by atoms with Gasteiger partial charge in [-0.2, -0.15) is 0 Å². The maximum atomic E-state index is 13.5. The van der Waals surface area contributed by atoms with Crippen LogP contribution in [0, 0.1) is 5.92 Å². The maximum Gasteiger partial charge on any atom is 0.326 e. The molecule has 284 valence electrons. The lowest BCUT2D eigenvalue weighted by atomic mass is 10.0. The molecule has 0 spiro atoms. The number of nitrogens with one attached hydrogen (secondary N) is 5. The van der Waals surface area contributed by atoms with Crippen LogP contribution in [0.2, 0.25) is 0 Å². The first-order valence-electron chi connectivity index (χ1n) is 16.4. The molecule has 0 bridgehead atoms. The number of hydrogen-bond acceptors (Lipinski definition) is 10. The van der Waals surface area contributed by atoms with E-state index in [1.54, 1.807) is 13.8 Å². The van der Waals surface area contributed by atoms with Gasteiger partial charge in [0.25, 0.3) is 0 Å². The molecule has 1 rings (SSSR count). The zero-order valence-electron chi connectivity index (χ0n) is 29.0. The number of aliphatic imine (C=N–C) groups is 1. The molecule has 1 aromatic carbocycles. The summed E-state index contributed by atoms with van der Waals surface area (Å²) in [6.07, 6.45) is 0.257. The SMILES string of the molecule is CC(=O)NC(CCCN=C(N)N)C(=O)NC(CCCCN)C(=O)NC(CC(=O)O)C(=O)NC(C(=O)NC(Cc1ccc(O)cc1)C(=O)O)C(C)C. The number of guanidine groups is 1. The van der Waals surface area contributed by atoms with Gasteiger partial charge in [0.2, 0.25) is 29.5 Å². The molecule has 5 amide bonds. The molecule has 0 radical (unpaired) electrons. The molecule has 0 heterocycles. The van der Waals surface area contributed by atoms with Crippen molar-refractivity contribution in [2.75, 3.05) is 13.1 Å². The van der Waals surface area contributed by atoms with Crippen molar-refractivity contribution in [3.05, 3.63) is 29.8 Å². The van der Waals surface area contributed by atoms with Crippen LogP contribution < -0.4 is 43.8 Å². The van der Waals surface area contributed by atoms with Gasteiger partial charge in [-0.05, 0) is 62.3 Å². The van der Waals surface area contributed by atoms with E-state index in [0.717, 1.165) is 0 Å². The molecule has 0 fully saturated rings. The first kappa shape index (κ1) is 43.6. The number of phenols is 1. The molecule has 5 atom stereocenters. The number of amides is 5. The lowest BCUT2D eigenvalue weighted by Crippen LogP contribution is -2.60. The fourth-order valence-electron chi connectivity index (χ4n) is 4.83. The minimum absolute atomic E-state index is 0.0327. The summed E-state index contributed by atoms with van der Waals surface area (Å²) in [4.78, 5) is 92.7. The molecule has 0 saturated heterocycles. The van der Waals surface area contributed by atoms with Crippen molar-refractivity contribution >= 4 is 47.4 Å². The molecule has 5 unspecified atom stereocenters. The summed E-state index contributed by atoms with van der Waals surface area (Å²) in [5.41, 5.74) is 16.7. The van der Waals surface area contributed by atoms with E-state index in [2.05, 4.69) is 31.6 Å². The van der Waals surface area contributed by atoms with Crippen molar-refractivity contribution in [1.29, 1.82) is 0 Å². The molecule has 0 aliphatic heterocycles. The number of rotatable bonds is 23. The van der Waals surface area contributed by atoms with Gasteiger partial charge in [0.15, 0.2) is 5.96 Å². The van der Waals surface area contributed by atoms with Gasteiger partial charge in [-0.15, -0.1) is 0 Å². The summed E-state index contributed by atoms with van der Waals surface area (Å²) in [6, 6.07) is -1.14. The van der Waals surface area contributed by atoms with Crippen LogP contribution in [0.25, 0.3) is 0 Å². The fourth-order valence-corrected chi connectivity index (χ4v) is 4.83. The van der Waals surface area contributed by atoms with Gasteiger partial charge in [-0.25, -0.2) is 4.79 Å². The molecule has 1 aromatic rings. The standard InChI is InChI=1S/C32H51N9O10/c1-17(2)26(30(49)40-24(31(50)51)15-19-9-11-20(43)12-10-19)41-29(48)23(16-25(44)45)39-28(47)22(7-4-5-13-33)38-27(46)21(37-18(3)42)8-6-14-36-32(34)35/h9-12,17,21-24,26,43H,4-8,13-16,33H2,1-3H3,(H,37,42)(H,38,46)(H,39,47)(H,40,49)(H,41,48)(H,44,45)(H,50,51)(H4,34,35,36). The van der Waals surface area contributed by atoms with E-state index in [0.29, 0.717) is 24.8 Å². The average Bonchev–Trinajstić information content (AvgIpc) is 3.03. The third kappa shape index (κ3) is 17.2. The number of carbonyl (C=O) groups excluding carboxylic acids is 5. The first-order chi connectivity index (χ1) is 23.9. The number of nitrogens with two attached hydrogens (primary N) is 3. The second kappa shape index (κ2) is 22.3. The number of benzene rings is 1. The molecule has 14 N–H and O–H groups in total. The highest BCUT2D eigenvalue weighted by Crippen LogP contribution is 2.13. The van der Waals surface area contributed by atoms with Gasteiger partial charge in [0.05, 0.1) is 6.42 Å². The topological polar surface area (TPSA) is 331 Å². The normalized spacial score (nSPS) is 13.7. The van der Waals surface area contributed by atoms with Crippen molar-refractivity contribution in [2.24, 2.45) is 28.1 Å². The largest absolute Gasteiger partial charge is 0.508 e. The van der Waals surface area contributed by atoms with Crippen LogP contribution in [0.15, 0.2) is 29.3 Å². The molecule has 19 heteroatoms. The minimum Gasteiger partial charge on any atom is -0.508 e. The molecule has 19 nitrogen and oxygen atoms in total. The number of carboxylic acid groups (broad SMARTS) is 2. The number of hydrogen-bond donors (Lipinski definition) is 11. The van der Waals surface area contributed by atoms with Crippen LogP contribution in [0.5, 0.6) is 5.75 Å². The van der Waals surface area contributed by atoms with Crippen molar-refractivity contribution in [1.82, 2.24) is 26.6 Å². The van der Waals surface area contributed by atoms with E-state index >= 15 is 0 Å². The number of nitrogens with zero attached hydrogens (tertiary/aromatic N) is 1. The second-order valence-corrected chi connectivity index (χ2v) is 12.2. The monoisotopic (exact) mass is 721 g/mol. The number of unbranched alkanes of at least 4 members (excludes halogenated alkanes) is 1. The molecular formula is C32H51N9O10. The molecule has 0 aliphatic rings. The number of aromatic hydroxyl groups is 1. The van der Waals surface area contributed by atoms with Crippen LogP contribution >= 0.6 is 0 Å².